The molecular formula is C11H19NO3. The first-order valence-electron chi connectivity index (χ1n) is 5.54. The van der Waals surface area contributed by atoms with Gasteiger partial charge in [-0.2, -0.15) is 0 Å². The third-order valence-corrected chi connectivity index (χ3v) is 3.08. The molecule has 0 unspecified atom stereocenters. The molecule has 0 aromatic carbocycles. The van der Waals surface area contributed by atoms with Gasteiger partial charge in [-0.05, 0) is 39.5 Å². The molecule has 1 heterocycles. The van der Waals surface area contributed by atoms with Crippen LogP contribution in [0.3, 0.4) is 0 Å². The molecule has 4 heteroatoms. The number of hydrogen-bond donors (Lipinski definition) is 1. The van der Waals surface area contributed by atoms with Crippen LogP contribution in [-0.2, 0) is 4.74 Å². The molecule has 1 aliphatic carbocycles. The molecule has 1 aliphatic heterocycles. The van der Waals surface area contributed by atoms with Crippen LogP contribution in [0.25, 0.3) is 0 Å². The van der Waals surface area contributed by atoms with Gasteiger partial charge in [0.1, 0.15) is 5.60 Å². The molecule has 15 heavy (non-hydrogen) atoms. The van der Waals surface area contributed by atoms with Crippen molar-refractivity contribution in [1.29, 1.82) is 0 Å². The van der Waals surface area contributed by atoms with Crippen molar-refractivity contribution in [2.75, 3.05) is 6.54 Å². The van der Waals surface area contributed by atoms with Crippen LogP contribution in [0.4, 0.5) is 4.79 Å². The lowest BCUT2D eigenvalue weighted by Crippen LogP contribution is -2.46. The number of nitrogens with zero attached hydrogens (tertiary/aromatic N) is 1. The van der Waals surface area contributed by atoms with Crippen LogP contribution < -0.4 is 0 Å². The number of rotatable bonds is 0. The minimum absolute atomic E-state index is 0.00940. The van der Waals surface area contributed by atoms with Crippen LogP contribution in [0.2, 0.25) is 0 Å². The molecule has 4 nitrogen and oxygen atoms in total. The van der Waals surface area contributed by atoms with E-state index in [1.165, 1.54) is 0 Å². The van der Waals surface area contributed by atoms with E-state index in [1.807, 2.05) is 20.8 Å². The summed E-state index contributed by atoms with van der Waals surface area (Å²) in [5, 5.41) is 9.69. The van der Waals surface area contributed by atoms with E-state index < -0.39 is 5.60 Å². The summed E-state index contributed by atoms with van der Waals surface area (Å²) in [6.45, 7) is 6.32. The van der Waals surface area contributed by atoms with Crippen molar-refractivity contribution in [2.45, 2.75) is 51.4 Å². The molecule has 2 rings (SSSR count). The SMILES string of the molecule is CC(C)(C)OC(=O)N1C[C@H]2C[C@@H]1[C@@H](O)C2. The van der Waals surface area contributed by atoms with Crippen molar-refractivity contribution in [3.8, 4) is 0 Å². The van der Waals surface area contributed by atoms with Crippen molar-refractivity contribution in [2.24, 2.45) is 5.92 Å². The number of aliphatic hydroxyl groups excluding tert-OH is 1. The van der Waals surface area contributed by atoms with Gasteiger partial charge in [-0.15, -0.1) is 0 Å². The van der Waals surface area contributed by atoms with E-state index in [-0.39, 0.29) is 18.2 Å². The lowest BCUT2D eigenvalue weighted by molar-refractivity contribution is -0.00176. The van der Waals surface area contributed by atoms with Crippen LogP contribution in [0.15, 0.2) is 0 Å². The molecule has 0 spiro atoms. The molecule has 1 saturated carbocycles. The minimum atomic E-state index is -0.454. The third kappa shape index (κ3) is 2.09. The first kappa shape index (κ1) is 10.7. The average molecular weight is 213 g/mol. The molecular weight excluding hydrogens is 194 g/mol. The zero-order chi connectivity index (χ0) is 11.2. The number of likely N-dealkylation sites (tertiary alicyclic amines) is 1. The maximum atomic E-state index is 11.8. The highest BCUT2D eigenvalue weighted by Crippen LogP contribution is 2.38. The van der Waals surface area contributed by atoms with Gasteiger partial charge in [0, 0.05) is 6.54 Å². The first-order chi connectivity index (χ1) is 6.87. The van der Waals surface area contributed by atoms with Crippen LogP contribution in [0, 0.1) is 5.92 Å². The van der Waals surface area contributed by atoms with Crippen LogP contribution in [0.1, 0.15) is 33.6 Å². The van der Waals surface area contributed by atoms with Crippen molar-refractivity contribution >= 4 is 6.09 Å². The van der Waals surface area contributed by atoms with Gasteiger partial charge in [0.2, 0.25) is 0 Å². The number of ether oxygens (including phenoxy) is 1. The molecule has 0 radical (unpaired) electrons. The van der Waals surface area contributed by atoms with Gasteiger partial charge in [-0.3, -0.25) is 0 Å². The van der Waals surface area contributed by atoms with Gasteiger partial charge in [-0.1, -0.05) is 0 Å². The Kier molecular flexibility index (Phi) is 2.41. The van der Waals surface area contributed by atoms with Crippen LogP contribution >= 0.6 is 0 Å². The summed E-state index contributed by atoms with van der Waals surface area (Å²) in [5.74, 6) is 0.470. The minimum Gasteiger partial charge on any atom is -0.444 e. The van der Waals surface area contributed by atoms with Crippen molar-refractivity contribution in [3.63, 3.8) is 0 Å². The highest BCUT2D eigenvalue weighted by Gasteiger charge is 2.47. The number of fused-ring (bicyclic) bond motifs is 2. The zero-order valence-corrected chi connectivity index (χ0v) is 9.56. The molecule has 2 aliphatic rings. The highest BCUT2D eigenvalue weighted by molar-refractivity contribution is 5.69. The summed E-state index contributed by atoms with van der Waals surface area (Å²) in [6.07, 6.45) is 1.13. The Morgan fingerprint density at radius 3 is 2.53 bits per heavy atom. The van der Waals surface area contributed by atoms with Gasteiger partial charge < -0.3 is 14.7 Å². The Bertz CT molecular complexity index is 271. The Labute approximate surface area is 90.2 Å². The van der Waals surface area contributed by atoms with Gasteiger partial charge >= 0.3 is 6.09 Å². The maximum absolute atomic E-state index is 11.8. The molecule has 1 amide bonds. The number of aliphatic hydroxyl groups is 1. The topological polar surface area (TPSA) is 49.8 Å². The largest absolute Gasteiger partial charge is 0.444 e. The number of carbonyl (C=O) groups excluding carboxylic acids is 1. The van der Waals surface area contributed by atoms with E-state index in [1.54, 1.807) is 4.90 Å². The summed E-state index contributed by atoms with van der Waals surface area (Å²) in [4.78, 5) is 13.5. The molecule has 0 aromatic rings. The molecule has 86 valence electrons. The van der Waals surface area contributed by atoms with Crippen molar-refractivity contribution in [3.05, 3.63) is 0 Å². The zero-order valence-electron chi connectivity index (χ0n) is 9.56. The molecule has 2 fully saturated rings. The summed E-state index contributed by atoms with van der Waals surface area (Å²) < 4.78 is 5.30. The van der Waals surface area contributed by atoms with E-state index in [0.717, 1.165) is 19.4 Å². The molecule has 1 saturated heterocycles. The average Bonchev–Trinajstić information content (AvgIpc) is 2.58. The Morgan fingerprint density at radius 1 is 1.40 bits per heavy atom. The smallest absolute Gasteiger partial charge is 0.410 e. The predicted molar refractivity (Wildman–Crippen MR) is 55.5 cm³/mol. The van der Waals surface area contributed by atoms with Gasteiger partial charge in [-0.25, -0.2) is 4.79 Å². The van der Waals surface area contributed by atoms with Gasteiger partial charge in [0.25, 0.3) is 0 Å². The number of hydrogen-bond acceptors (Lipinski definition) is 3. The van der Waals surface area contributed by atoms with Crippen molar-refractivity contribution in [1.82, 2.24) is 4.90 Å². The van der Waals surface area contributed by atoms with E-state index in [2.05, 4.69) is 0 Å². The number of carbonyl (C=O) groups is 1. The summed E-state index contributed by atoms with van der Waals surface area (Å²) in [6, 6.07) is -0.00940. The summed E-state index contributed by atoms with van der Waals surface area (Å²) >= 11 is 0. The lowest BCUT2D eigenvalue weighted by Gasteiger charge is -2.32. The quantitative estimate of drug-likeness (QED) is 0.661. The fourth-order valence-electron chi connectivity index (χ4n) is 2.52. The van der Waals surface area contributed by atoms with Crippen molar-refractivity contribution < 1.29 is 14.6 Å². The van der Waals surface area contributed by atoms with Crippen LogP contribution in [0.5, 0.6) is 0 Å². The first-order valence-corrected chi connectivity index (χ1v) is 5.54. The third-order valence-electron chi connectivity index (χ3n) is 3.08. The summed E-state index contributed by atoms with van der Waals surface area (Å²) in [5.41, 5.74) is -0.454. The highest BCUT2D eigenvalue weighted by atomic mass is 16.6. The fraction of sp³-hybridized carbons (Fsp3) is 0.909. The van der Waals surface area contributed by atoms with E-state index >= 15 is 0 Å². The molecule has 2 bridgehead atoms. The second kappa shape index (κ2) is 3.37. The number of amides is 1. The maximum Gasteiger partial charge on any atom is 0.410 e. The molecule has 3 atom stereocenters. The van der Waals surface area contributed by atoms with Gasteiger partial charge in [0.05, 0.1) is 12.1 Å². The van der Waals surface area contributed by atoms with E-state index in [4.69, 9.17) is 4.74 Å². The Balaban J connectivity index is 1.98. The summed E-state index contributed by atoms with van der Waals surface area (Å²) in [7, 11) is 0. The monoisotopic (exact) mass is 213 g/mol. The standard InChI is InChI=1S/C11H19NO3/c1-11(2,3)15-10(14)12-6-7-4-8(12)9(13)5-7/h7-9,13H,4-6H2,1-3H3/t7-,8+,9-/m0/s1. The fourth-order valence-corrected chi connectivity index (χ4v) is 2.52. The Morgan fingerprint density at radius 2 is 2.07 bits per heavy atom. The van der Waals surface area contributed by atoms with E-state index in [0.29, 0.717) is 5.92 Å². The van der Waals surface area contributed by atoms with Gasteiger partial charge in [0.15, 0.2) is 0 Å². The Hall–Kier alpha value is -0.770. The number of piperidine rings is 1. The molecule has 1 N–H and O–H groups in total. The van der Waals surface area contributed by atoms with E-state index in [9.17, 15) is 9.90 Å². The molecule has 0 aromatic heterocycles. The van der Waals surface area contributed by atoms with Crippen LogP contribution in [-0.4, -0.2) is 40.4 Å². The second-order valence-corrected chi connectivity index (χ2v) is 5.60. The lowest BCUT2D eigenvalue weighted by atomic mass is 10.1. The normalized spacial score (nSPS) is 34.7. The predicted octanol–water partition coefficient (Wildman–Crippen LogP) is 1.38. The second-order valence-electron chi connectivity index (χ2n) is 5.60.